The maximum Gasteiger partial charge on any atom is 0.255 e. The molecule has 0 aliphatic heterocycles. The predicted octanol–water partition coefficient (Wildman–Crippen LogP) is 4.72. The third-order valence-electron chi connectivity index (χ3n) is 6.79. The van der Waals surface area contributed by atoms with Crippen LogP contribution in [0.25, 0.3) is 0 Å². The van der Waals surface area contributed by atoms with Gasteiger partial charge in [-0.25, -0.2) is 21.6 Å². The highest BCUT2D eigenvalue weighted by molar-refractivity contribution is 7.92. The summed E-state index contributed by atoms with van der Waals surface area (Å²) in [7, 11) is -3.91. The molecule has 2 aliphatic rings. The van der Waals surface area contributed by atoms with Crippen molar-refractivity contribution >= 4 is 33.0 Å². The van der Waals surface area contributed by atoms with Crippen LogP contribution < -0.4 is 5.32 Å². The van der Waals surface area contributed by atoms with E-state index in [9.17, 15) is 31.5 Å². The van der Waals surface area contributed by atoms with Gasteiger partial charge in [-0.15, -0.1) is 0 Å². The van der Waals surface area contributed by atoms with Crippen molar-refractivity contribution in [2.45, 2.75) is 48.4 Å². The largest absolute Gasteiger partial charge is 0.390 e. The molecule has 172 valence electrons. The Morgan fingerprint density at radius 1 is 1.09 bits per heavy atom. The third-order valence-corrected chi connectivity index (χ3v) is 9.45. The highest BCUT2D eigenvalue weighted by Crippen LogP contribution is 2.51. The number of carbonyl (C=O) groups is 1. The molecule has 0 radical (unpaired) electrons. The molecule has 4 atom stereocenters. The molecule has 2 aliphatic carbocycles. The number of carbonyl (C=O) groups excluding carboxylic acids is 1. The molecule has 2 N–H and O–H groups in total. The smallest absolute Gasteiger partial charge is 0.255 e. The fourth-order valence-electron chi connectivity index (χ4n) is 4.89. The number of amides is 1. The number of hydrogen-bond acceptors (Lipinski definition) is 4. The van der Waals surface area contributed by atoms with Crippen LogP contribution in [-0.4, -0.2) is 30.3 Å². The first-order valence-corrected chi connectivity index (χ1v) is 12.1. The number of anilines is 1. The Kier molecular flexibility index (Phi) is 5.80. The quantitative estimate of drug-likeness (QED) is 0.611. The van der Waals surface area contributed by atoms with Gasteiger partial charge in [-0.1, -0.05) is 11.6 Å². The summed E-state index contributed by atoms with van der Waals surface area (Å²) < 4.78 is 66.7. The van der Waals surface area contributed by atoms with E-state index in [0.717, 1.165) is 18.9 Å². The van der Waals surface area contributed by atoms with Crippen LogP contribution in [-0.2, 0) is 9.84 Å². The second-order valence-corrected chi connectivity index (χ2v) is 11.3. The number of fused-ring (bicyclic) bond motifs is 2. The van der Waals surface area contributed by atoms with Crippen LogP contribution in [0, 0.1) is 29.3 Å². The second-order valence-electron chi connectivity index (χ2n) is 8.69. The fraction of sp³-hybridized carbons (Fsp3) is 0.409. The molecule has 0 heterocycles. The Balaban J connectivity index is 1.61. The van der Waals surface area contributed by atoms with E-state index < -0.39 is 44.0 Å². The van der Waals surface area contributed by atoms with Gasteiger partial charge in [-0.3, -0.25) is 4.79 Å². The van der Waals surface area contributed by atoms with E-state index in [2.05, 4.69) is 5.32 Å². The van der Waals surface area contributed by atoms with E-state index in [-0.39, 0.29) is 33.0 Å². The van der Waals surface area contributed by atoms with E-state index in [4.69, 9.17) is 11.6 Å². The fourth-order valence-corrected chi connectivity index (χ4v) is 7.29. The first-order chi connectivity index (χ1) is 14.9. The van der Waals surface area contributed by atoms with Crippen LogP contribution in [0.15, 0.2) is 35.2 Å². The van der Waals surface area contributed by atoms with Crippen LogP contribution >= 0.6 is 11.6 Å². The Morgan fingerprint density at radius 3 is 2.22 bits per heavy atom. The lowest BCUT2D eigenvalue weighted by Crippen LogP contribution is -2.45. The monoisotopic (exact) mass is 487 g/mol. The number of halogens is 4. The summed E-state index contributed by atoms with van der Waals surface area (Å²) in [6.07, 6.45) is 2.11. The summed E-state index contributed by atoms with van der Waals surface area (Å²) in [5.41, 5.74) is -1.31. The Labute approximate surface area is 188 Å². The molecule has 1 unspecified atom stereocenters. The van der Waals surface area contributed by atoms with Crippen LogP contribution in [0.3, 0.4) is 0 Å². The van der Waals surface area contributed by atoms with E-state index in [0.29, 0.717) is 25.0 Å². The first kappa shape index (κ1) is 23.1. The number of rotatable bonds is 4. The Hall–Kier alpha value is -2.10. The highest BCUT2D eigenvalue weighted by atomic mass is 35.5. The first-order valence-electron chi connectivity index (χ1n) is 10.1. The standard InChI is InChI=1S/C22H21ClF3NO4S/c1-22(29)12-3-4-13(22)8-15(7-12)32(30,31)19-6-11(2-5-16(19)23)21(28)27-14-9-17(24)20(26)18(25)10-14/h2,5-6,9-10,12-13,15,29H,3-4,7-8H2,1H3,(H,27,28)/t12-,13?,15-,22-/m0/s1. The summed E-state index contributed by atoms with van der Waals surface area (Å²) in [5.74, 6) is -5.70. The minimum atomic E-state index is -3.91. The summed E-state index contributed by atoms with van der Waals surface area (Å²) >= 11 is 6.17. The van der Waals surface area contributed by atoms with Gasteiger partial charge in [0.25, 0.3) is 5.91 Å². The number of hydrogen-bond donors (Lipinski definition) is 2. The molecule has 0 saturated heterocycles. The number of nitrogens with one attached hydrogen (secondary N) is 1. The zero-order chi connectivity index (χ0) is 23.4. The van der Waals surface area contributed by atoms with Crippen molar-refractivity contribution < 1.29 is 31.5 Å². The minimum Gasteiger partial charge on any atom is -0.390 e. The minimum absolute atomic E-state index is 0.0508. The van der Waals surface area contributed by atoms with Gasteiger partial charge < -0.3 is 10.4 Å². The average Bonchev–Trinajstić information content (AvgIpc) is 2.88. The summed E-state index contributed by atoms with van der Waals surface area (Å²) in [6, 6.07) is 4.91. The van der Waals surface area contributed by atoms with Crippen molar-refractivity contribution in [2.75, 3.05) is 5.32 Å². The molecular weight excluding hydrogens is 467 g/mol. The van der Waals surface area contributed by atoms with Crippen molar-refractivity contribution in [3.63, 3.8) is 0 Å². The van der Waals surface area contributed by atoms with Crippen molar-refractivity contribution in [3.05, 3.63) is 58.4 Å². The third kappa shape index (κ3) is 3.91. The molecule has 2 saturated carbocycles. The molecule has 10 heteroatoms. The van der Waals surface area contributed by atoms with Crippen LogP contribution in [0.5, 0.6) is 0 Å². The van der Waals surface area contributed by atoms with Crippen LogP contribution in [0.1, 0.15) is 43.0 Å². The van der Waals surface area contributed by atoms with Crippen molar-refractivity contribution in [1.82, 2.24) is 0 Å². The highest BCUT2D eigenvalue weighted by Gasteiger charge is 2.53. The van der Waals surface area contributed by atoms with Crippen molar-refractivity contribution in [1.29, 1.82) is 0 Å². The normalized spacial score (nSPS) is 27.4. The van der Waals surface area contributed by atoms with Gasteiger partial charge in [0, 0.05) is 23.4 Å². The summed E-state index contributed by atoms with van der Waals surface area (Å²) in [5, 5.41) is 12.1. The number of sulfone groups is 1. The van der Waals surface area contributed by atoms with Gasteiger partial charge in [-0.2, -0.15) is 0 Å². The molecular formula is C22H21ClF3NO4S. The molecule has 32 heavy (non-hydrogen) atoms. The number of aliphatic hydroxyl groups is 1. The van der Waals surface area contributed by atoms with Gasteiger partial charge in [0.15, 0.2) is 27.3 Å². The molecule has 0 aromatic heterocycles. The molecule has 2 fully saturated rings. The van der Waals surface area contributed by atoms with Crippen LogP contribution in [0.2, 0.25) is 5.02 Å². The second kappa shape index (κ2) is 8.04. The molecule has 0 spiro atoms. The molecule has 1 amide bonds. The zero-order valence-electron chi connectivity index (χ0n) is 17.0. The Bertz CT molecular complexity index is 1160. The maximum atomic E-state index is 13.4. The molecule has 2 aromatic carbocycles. The molecule has 2 bridgehead atoms. The predicted molar refractivity (Wildman–Crippen MR) is 113 cm³/mol. The lowest BCUT2D eigenvalue weighted by molar-refractivity contribution is -0.0413. The molecule has 5 nitrogen and oxygen atoms in total. The van der Waals surface area contributed by atoms with Crippen molar-refractivity contribution in [3.8, 4) is 0 Å². The lowest BCUT2D eigenvalue weighted by Gasteiger charge is -2.40. The summed E-state index contributed by atoms with van der Waals surface area (Å²) in [6.45, 7) is 1.75. The Morgan fingerprint density at radius 2 is 1.66 bits per heavy atom. The van der Waals surface area contributed by atoms with Gasteiger partial charge in [0.05, 0.1) is 20.8 Å². The van der Waals surface area contributed by atoms with Gasteiger partial charge in [0.1, 0.15) is 0 Å². The van der Waals surface area contributed by atoms with Crippen molar-refractivity contribution in [2.24, 2.45) is 11.8 Å². The van der Waals surface area contributed by atoms with Gasteiger partial charge in [-0.05, 0) is 62.6 Å². The van der Waals surface area contributed by atoms with Crippen LogP contribution in [0.4, 0.5) is 18.9 Å². The van der Waals surface area contributed by atoms with E-state index in [1.54, 1.807) is 6.92 Å². The molecule has 2 aromatic rings. The van der Waals surface area contributed by atoms with E-state index in [1.165, 1.54) is 12.1 Å². The van der Waals surface area contributed by atoms with Gasteiger partial charge >= 0.3 is 0 Å². The van der Waals surface area contributed by atoms with E-state index in [1.807, 2.05) is 0 Å². The zero-order valence-corrected chi connectivity index (χ0v) is 18.6. The van der Waals surface area contributed by atoms with Gasteiger partial charge in [0.2, 0.25) is 0 Å². The summed E-state index contributed by atoms with van der Waals surface area (Å²) in [4.78, 5) is 12.4. The van der Waals surface area contributed by atoms with E-state index >= 15 is 0 Å². The number of benzene rings is 2. The maximum absolute atomic E-state index is 13.4. The SMILES string of the molecule is C[C@@]1(O)C2CC[C@H]1C[C@H](S(=O)(=O)c1cc(C(=O)Nc3cc(F)c(F)c(F)c3)ccc1Cl)C2. The average molecular weight is 488 g/mol. The topological polar surface area (TPSA) is 83.5 Å². The molecule has 4 rings (SSSR count). The lowest BCUT2D eigenvalue weighted by atomic mass is 9.76.